The van der Waals surface area contributed by atoms with Crippen LogP contribution < -0.4 is 5.32 Å². The van der Waals surface area contributed by atoms with Crippen LogP contribution in [0.1, 0.15) is 41.2 Å². The van der Waals surface area contributed by atoms with E-state index in [9.17, 15) is 4.79 Å². The second-order valence-electron chi connectivity index (χ2n) is 7.13. The molecule has 4 rings (SSSR count). The van der Waals surface area contributed by atoms with Crippen LogP contribution in [0, 0.1) is 0 Å². The van der Waals surface area contributed by atoms with Crippen molar-refractivity contribution < 1.29 is 24.6 Å². The zero-order valence-electron chi connectivity index (χ0n) is 16.0. The first-order valence-electron chi connectivity index (χ1n) is 9.59. The molecule has 1 aromatic heterocycles. The third-order valence-electron chi connectivity index (χ3n) is 5.20. The molecule has 0 spiro atoms. The summed E-state index contributed by atoms with van der Waals surface area (Å²) in [5.74, 6) is -3.42. The van der Waals surface area contributed by atoms with Crippen LogP contribution >= 0.6 is 11.3 Å². The highest BCUT2D eigenvalue weighted by Gasteiger charge is 2.29. The number of rotatable bonds is 5. The molecule has 29 heavy (non-hydrogen) atoms. The smallest absolute Gasteiger partial charge is 0.414 e. The van der Waals surface area contributed by atoms with Gasteiger partial charge in [0.25, 0.3) is 0 Å². The van der Waals surface area contributed by atoms with Gasteiger partial charge in [0.15, 0.2) is 0 Å². The molecule has 2 aliphatic rings. The number of nitrogens with zero attached hydrogens (tertiary/aromatic N) is 1. The molecule has 0 bridgehead atoms. The Bertz CT molecular complexity index is 883. The molecule has 7 nitrogen and oxygen atoms in total. The predicted octanol–water partition coefficient (Wildman–Crippen LogP) is 3.17. The molecule has 1 unspecified atom stereocenters. The normalized spacial score (nSPS) is 17.5. The van der Waals surface area contributed by atoms with Gasteiger partial charge >= 0.3 is 11.9 Å². The zero-order chi connectivity index (χ0) is 20.8. The van der Waals surface area contributed by atoms with Gasteiger partial charge in [-0.25, -0.2) is 9.59 Å². The summed E-state index contributed by atoms with van der Waals surface area (Å²) in [6.45, 7) is 3.43. The topological polar surface area (TPSA) is 107 Å². The standard InChI is InChI=1S/C19H22N2OS.C2H2O4/c22-19-16(15-5-1-2-7-17(15)20-19)6-3-4-10-21-11-8-18-14(13-21)9-12-23-18;3-1(4)2(5)6/h1-2,5,7,9,12,16H,3-4,6,8,10-11,13H2,(H,20,22);(H,3,4)(H,5,6). The number of nitrogens with one attached hydrogen (secondary N) is 1. The lowest BCUT2D eigenvalue weighted by Crippen LogP contribution is -2.30. The molecule has 1 atom stereocenters. The maximum absolute atomic E-state index is 12.1. The first-order chi connectivity index (χ1) is 14.0. The predicted molar refractivity (Wildman–Crippen MR) is 110 cm³/mol. The number of hydrogen-bond acceptors (Lipinski definition) is 5. The van der Waals surface area contributed by atoms with Gasteiger partial charge in [0.05, 0.1) is 5.92 Å². The second kappa shape index (κ2) is 9.67. The highest BCUT2D eigenvalue weighted by molar-refractivity contribution is 7.10. The number of anilines is 1. The average Bonchev–Trinajstić information content (AvgIpc) is 3.29. The summed E-state index contributed by atoms with van der Waals surface area (Å²) in [6.07, 6.45) is 4.44. The molecule has 3 N–H and O–H groups in total. The summed E-state index contributed by atoms with van der Waals surface area (Å²) in [6, 6.07) is 10.4. The lowest BCUT2D eigenvalue weighted by atomic mass is 9.95. The van der Waals surface area contributed by atoms with Crippen molar-refractivity contribution in [2.24, 2.45) is 0 Å². The highest BCUT2D eigenvalue weighted by atomic mass is 32.1. The molecule has 0 aliphatic carbocycles. The van der Waals surface area contributed by atoms with Gasteiger partial charge in [-0.15, -0.1) is 11.3 Å². The van der Waals surface area contributed by atoms with Gasteiger partial charge in [-0.3, -0.25) is 9.69 Å². The van der Waals surface area contributed by atoms with E-state index in [2.05, 4.69) is 27.7 Å². The van der Waals surface area contributed by atoms with Crippen LogP contribution in [-0.2, 0) is 27.3 Å². The molecule has 0 saturated carbocycles. The van der Waals surface area contributed by atoms with E-state index in [0.717, 1.165) is 31.6 Å². The van der Waals surface area contributed by atoms with Gasteiger partial charge in [0.2, 0.25) is 5.91 Å². The summed E-state index contributed by atoms with van der Waals surface area (Å²) in [5, 5.41) is 20.0. The van der Waals surface area contributed by atoms with Crippen LogP contribution in [0.3, 0.4) is 0 Å². The third-order valence-corrected chi connectivity index (χ3v) is 6.22. The van der Waals surface area contributed by atoms with E-state index >= 15 is 0 Å². The lowest BCUT2D eigenvalue weighted by molar-refractivity contribution is -0.159. The van der Waals surface area contributed by atoms with Crippen LogP contribution in [0.25, 0.3) is 0 Å². The number of carboxylic acids is 2. The van der Waals surface area contributed by atoms with E-state index in [0.29, 0.717) is 0 Å². The molecular formula is C21H24N2O5S. The Kier molecular flexibility index (Phi) is 7.00. The van der Waals surface area contributed by atoms with E-state index in [1.54, 1.807) is 4.88 Å². The number of carbonyl (C=O) groups excluding carboxylic acids is 1. The minimum atomic E-state index is -1.82. The summed E-state index contributed by atoms with van der Waals surface area (Å²) in [4.78, 5) is 34.4. The number of thiophene rings is 1. The second-order valence-corrected chi connectivity index (χ2v) is 8.13. The van der Waals surface area contributed by atoms with Crippen molar-refractivity contribution in [3.8, 4) is 0 Å². The number of unbranched alkanes of at least 4 members (excludes halogenated alkanes) is 1. The molecule has 0 radical (unpaired) electrons. The molecule has 1 amide bonds. The monoisotopic (exact) mass is 416 g/mol. The number of carbonyl (C=O) groups is 3. The van der Waals surface area contributed by atoms with Crippen molar-refractivity contribution in [3.63, 3.8) is 0 Å². The number of para-hydroxylation sites is 1. The number of hydrogen-bond donors (Lipinski definition) is 3. The van der Waals surface area contributed by atoms with Gasteiger partial charge in [0, 0.05) is 23.7 Å². The van der Waals surface area contributed by atoms with E-state index < -0.39 is 11.9 Å². The largest absolute Gasteiger partial charge is 0.473 e. The summed E-state index contributed by atoms with van der Waals surface area (Å²) >= 11 is 1.90. The quantitative estimate of drug-likeness (QED) is 0.511. The number of amides is 1. The molecule has 3 heterocycles. The molecule has 2 aromatic rings. The summed E-state index contributed by atoms with van der Waals surface area (Å²) in [5.41, 5.74) is 3.70. The summed E-state index contributed by atoms with van der Waals surface area (Å²) in [7, 11) is 0. The Hall–Kier alpha value is -2.71. The van der Waals surface area contributed by atoms with Crippen molar-refractivity contribution in [1.82, 2.24) is 4.90 Å². The minimum Gasteiger partial charge on any atom is -0.473 e. The fourth-order valence-electron chi connectivity index (χ4n) is 3.74. The van der Waals surface area contributed by atoms with E-state index in [1.807, 2.05) is 29.5 Å². The number of carboxylic acid groups (broad SMARTS) is 2. The Labute approximate surface area is 173 Å². The highest BCUT2D eigenvalue weighted by Crippen LogP contribution is 2.35. The van der Waals surface area contributed by atoms with Crippen molar-refractivity contribution in [2.75, 3.05) is 18.4 Å². The Morgan fingerprint density at radius 1 is 1.14 bits per heavy atom. The van der Waals surface area contributed by atoms with Crippen molar-refractivity contribution in [2.45, 2.75) is 38.1 Å². The first-order valence-corrected chi connectivity index (χ1v) is 10.5. The molecule has 2 aliphatic heterocycles. The minimum absolute atomic E-state index is 0.0519. The fourth-order valence-corrected chi connectivity index (χ4v) is 4.63. The van der Waals surface area contributed by atoms with Crippen molar-refractivity contribution in [1.29, 1.82) is 0 Å². The van der Waals surface area contributed by atoms with E-state index in [4.69, 9.17) is 19.8 Å². The maximum atomic E-state index is 12.1. The Morgan fingerprint density at radius 2 is 1.90 bits per heavy atom. The van der Waals surface area contributed by atoms with E-state index in [1.165, 1.54) is 30.5 Å². The average molecular weight is 416 g/mol. The van der Waals surface area contributed by atoms with Crippen LogP contribution in [0.4, 0.5) is 5.69 Å². The lowest BCUT2D eigenvalue weighted by Gasteiger charge is -2.26. The maximum Gasteiger partial charge on any atom is 0.414 e. The molecule has 1 aromatic carbocycles. The first kappa shape index (κ1) is 21.0. The van der Waals surface area contributed by atoms with Gasteiger partial charge in [-0.2, -0.15) is 0 Å². The molecule has 154 valence electrons. The molecule has 0 fully saturated rings. The summed E-state index contributed by atoms with van der Waals surface area (Å²) < 4.78 is 0. The van der Waals surface area contributed by atoms with Crippen molar-refractivity contribution >= 4 is 34.9 Å². The van der Waals surface area contributed by atoms with E-state index in [-0.39, 0.29) is 11.8 Å². The van der Waals surface area contributed by atoms with Gasteiger partial charge in [-0.05, 0) is 54.4 Å². The Balaban J connectivity index is 0.000000353. The fraction of sp³-hybridized carbons (Fsp3) is 0.381. The van der Waals surface area contributed by atoms with Crippen LogP contribution in [-0.4, -0.2) is 46.0 Å². The molecule has 0 saturated heterocycles. The van der Waals surface area contributed by atoms with Gasteiger partial charge in [0.1, 0.15) is 0 Å². The SMILES string of the molecule is O=C(O)C(=O)O.O=C1Nc2ccccc2C1CCCCN1CCc2sccc2C1. The van der Waals surface area contributed by atoms with Gasteiger partial charge in [-0.1, -0.05) is 24.6 Å². The van der Waals surface area contributed by atoms with Gasteiger partial charge < -0.3 is 15.5 Å². The Morgan fingerprint density at radius 3 is 2.66 bits per heavy atom. The number of benzene rings is 1. The number of fused-ring (bicyclic) bond motifs is 2. The van der Waals surface area contributed by atoms with Crippen molar-refractivity contribution in [3.05, 3.63) is 51.7 Å². The van der Waals surface area contributed by atoms with Crippen LogP contribution in [0.2, 0.25) is 0 Å². The van der Waals surface area contributed by atoms with Crippen LogP contribution in [0.15, 0.2) is 35.7 Å². The third kappa shape index (κ3) is 5.42. The number of aliphatic carboxylic acids is 2. The molecular weight excluding hydrogens is 392 g/mol. The van der Waals surface area contributed by atoms with Crippen LogP contribution in [0.5, 0.6) is 0 Å². The molecule has 8 heteroatoms. The zero-order valence-corrected chi connectivity index (χ0v) is 16.8.